The SMILES string of the molecule is Cc1nc(N)nc(CSc2ccc(Br)cc2)n1. The molecule has 0 spiro atoms. The molecule has 17 heavy (non-hydrogen) atoms. The minimum absolute atomic E-state index is 0.281. The molecule has 0 bridgehead atoms. The fourth-order valence-electron chi connectivity index (χ4n) is 1.30. The van der Waals surface area contributed by atoms with Crippen molar-refractivity contribution in [1.29, 1.82) is 0 Å². The van der Waals surface area contributed by atoms with E-state index in [4.69, 9.17) is 5.73 Å². The van der Waals surface area contributed by atoms with E-state index in [0.29, 0.717) is 17.4 Å². The normalized spacial score (nSPS) is 10.5. The molecule has 0 saturated carbocycles. The Kier molecular flexibility index (Phi) is 3.96. The van der Waals surface area contributed by atoms with Gasteiger partial charge in [-0.05, 0) is 31.2 Å². The lowest BCUT2D eigenvalue weighted by Gasteiger charge is -2.02. The molecule has 0 aliphatic rings. The molecule has 0 radical (unpaired) electrons. The largest absolute Gasteiger partial charge is 0.368 e. The minimum Gasteiger partial charge on any atom is -0.368 e. The molecule has 2 aromatic rings. The van der Waals surface area contributed by atoms with Gasteiger partial charge < -0.3 is 5.73 Å². The van der Waals surface area contributed by atoms with Gasteiger partial charge in [0.15, 0.2) is 0 Å². The van der Waals surface area contributed by atoms with Gasteiger partial charge in [0.2, 0.25) is 5.95 Å². The number of hydrogen-bond acceptors (Lipinski definition) is 5. The number of nitrogens with zero attached hydrogens (tertiary/aromatic N) is 3. The third kappa shape index (κ3) is 3.67. The van der Waals surface area contributed by atoms with Gasteiger partial charge in [0.1, 0.15) is 11.6 Å². The van der Waals surface area contributed by atoms with Crippen molar-refractivity contribution < 1.29 is 0 Å². The molecule has 0 amide bonds. The summed E-state index contributed by atoms with van der Waals surface area (Å²) in [4.78, 5) is 13.4. The number of thioether (sulfide) groups is 1. The molecule has 0 atom stereocenters. The lowest BCUT2D eigenvalue weighted by molar-refractivity contribution is 0.923. The third-order valence-corrected chi connectivity index (χ3v) is 3.53. The lowest BCUT2D eigenvalue weighted by atomic mass is 10.4. The van der Waals surface area contributed by atoms with Crippen molar-refractivity contribution in [3.05, 3.63) is 40.4 Å². The first-order chi connectivity index (χ1) is 8.13. The van der Waals surface area contributed by atoms with E-state index in [-0.39, 0.29) is 5.95 Å². The Morgan fingerprint density at radius 1 is 1.18 bits per heavy atom. The van der Waals surface area contributed by atoms with Crippen molar-refractivity contribution in [2.75, 3.05) is 5.73 Å². The molecule has 1 aromatic heterocycles. The van der Waals surface area contributed by atoms with Crippen molar-refractivity contribution in [3.8, 4) is 0 Å². The number of anilines is 1. The second-order valence-electron chi connectivity index (χ2n) is 3.40. The molecule has 0 aliphatic carbocycles. The standard InChI is InChI=1S/C11H11BrN4S/c1-7-14-10(16-11(13)15-7)6-17-9-4-2-8(12)3-5-9/h2-5H,6H2,1H3,(H2,13,14,15,16). The molecular weight excluding hydrogens is 300 g/mol. The summed E-state index contributed by atoms with van der Waals surface area (Å²) in [7, 11) is 0. The van der Waals surface area contributed by atoms with E-state index in [1.807, 2.05) is 31.2 Å². The molecule has 0 saturated heterocycles. The number of aromatic nitrogens is 3. The highest BCUT2D eigenvalue weighted by atomic mass is 79.9. The van der Waals surface area contributed by atoms with Crippen LogP contribution in [0.5, 0.6) is 0 Å². The van der Waals surface area contributed by atoms with Crippen molar-refractivity contribution in [2.45, 2.75) is 17.6 Å². The van der Waals surface area contributed by atoms with Crippen LogP contribution in [0.1, 0.15) is 11.6 Å². The molecule has 1 heterocycles. The smallest absolute Gasteiger partial charge is 0.223 e. The van der Waals surface area contributed by atoms with Gasteiger partial charge in [0, 0.05) is 9.37 Å². The Labute approximate surface area is 112 Å². The number of aryl methyl sites for hydroxylation is 1. The van der Waals surface area contributed by atoms with Crippen molar-refractivity contribution >= 4 is 33.6 Å². The maximum absolute atomic E-state index is 5.57. The molecule has 0 unspecified atom stereocenters. The molecule has 4 nitrogen and oxygen atoms in total. The zero-order valence-corrected chi connectivity index (χ0v) is 11.6. The van der Waals surface area contributed by atoms with Gasteiger partial charge in [0.25, 0.3) is 0 Å². The van der Waals surface area contributed by atoms with E-state index >= 15 is 0 Å². The van der Waals surface area contributed by atoms with Gasteiger partial charge in [-0.2, -0.15) is 9.97 Å². The Bertz CT molecular complexity index is 495. The zero-order chi connectivity index (χ0) is 12.3. The molecule has 2 N–H and O–H groups in total. The minimum atomic E-state index is 0.281. The average Bonchev–Trinajstić information content (AvgIpc) is 2.27. The van der Waals surface area contributed by atoms with E-state index < -0.39 is 0 Å². The molecule has 6 heteroatoms. The summed E-state index contributed by atoms with van der Waals surface area (Å²) in [6.07, 6.45) is 0. The number of halogens is 1. The van der Waals surface area contributed by atoms with Crippen LogP contribution < -0.4 is 5.73 Å². The number of nitrogen functional groups attached to an aromatic ring is 1. The highest BCUT2D eigenvalue weighted by molar-refractivity contribution is 9.10. The fourth-order valence-corrected chi connectivity index (χ4v) is 2.32. The van der Waals surface area contributed by atoms with Crippen LogP contribution >= 0.6 is 27.7 Å². The van der Waals surface area contributed by atoms with E-state index in [1.165, 1.54) is 4.90 Å². The Morgan fingerprint density at radius 2 is 1.88 bits per heavy atom. The third-order valence-electron chi connectivity index (χ3n) is 1.99. The van der Waals surface area contributed by atoms with Crippen LogP contribution in [0.2, 0.25) is 0 Å². The quantitative estimate of drug-likeness (QED) is 0.883. The summed E-state index contributed by atoms with van der Waals surface area (Å²) in [6.45, 7) is 1.81. The van der Waals surface area contributed by atoms with Gasteiger partial charge in [0.05, 0.1) is 5.75 Å². The maximum Gasteiger partial charge on any atom is 0.223 e. The van der Waals surface area contributed by atoms with E-state index in [1.54, 1.807) is 11.8 Å². The van der Waals surface area contributed by atoms with Crippen LogP contribution in [0.15, 0.2) is 33.6 Å². The first-order valence-corrected chi connectivity index (χ1v) is 6.77. The molecule has 88 valence electrons. The van der Waals surface area contributed by atoms with Crippen LogP contribution in [-0.2, 0) is 5.75 Å². The van der Waals surface area contributed by atoms with E-state index in [0.717, 1.165) is 4.47 Å². The van der Waals surface area contributed by atoms with Crippen LogP contribution in [0.25, 0.3) is 0 Å². The Balaban J connectivity index is 2.04. The van der Waals surface area contributed by atoms with Crippen LogP contribution in [-0.4, -0.2) is 15.0 Å². The van der Waals surface area contributed by atoms with Gasteiger partial charge in [-0.3, -0.25) is 0 Å². The van der Waals surface area contributed by atoms with Crippen molar-refractivity contribution in [2.24, 2.45) is 0 Å². The Morgan fingerprint density at radius 3 is 2.53 bits per heavy atom. The predicted molar refractivity (Wildman–Crippen MR) is 72.7 cm³/mol. The second kappa shape index (κ2) is 5.46. The van der Waals surface area contributed by atoms with Crippen LogP contribution in [0, 0.1) is 6.92 Å². The van der Waals surface area contributed by atoms with E-state index in [2.05, 4.69) is 30.9 Å². The van der Waals surface area contributed by atoms with E-state index in [9.17, 15) is 0 Å². The molecule has 0 aliphatic heterocycles. The van der Waals surface area contributed by atoms with Crippen LogP contribution in [0.4, 0.5) is 5.95 Å². The summed E-state index contributed by atoms with van der Waals surface area (Å²) >= 11 is 5.07. The molecule has 0 fully saturated rings. The summed E-state index contributed by atoms with van der Waals surface area (Å²) in [6, 6.07) is 8.11. The van der Waals surface area contributed by atoms with Gasteiger partial charge in [-0.1, -0.05) is 15.9 Å². The predicted octanol–water partition coefficient (Wildman–Crippen LogP) is 2.82. The molecule has 1 aromatic carbocycles. The first-order valence-electron chi connectivity index (χ1n) is 4.99. The second-order valence-corrected chi connectivity index (χ2v) is 5.36. The van der Waals surface area contributed by atoms with Crippen molar-refractivity contribution in [3.63, 3.8) is 0 Å². The summed E-state index contributed by atoms with van der Waals surface area (Å²) in [5.41, 5.74) is 5.57. The number of hydrogen-bond donors (Lipinski definition) is 1. The first kappa shape index (κ1) is 12.3. The molecule has 2 rings (SSSR count). The van der Waals surface area contributed by atoms with Gasteiger partial charge in [-0.25, -0.2) is 4.98 Å². The summed E-state index contributed by atoms with van der Waals surface area (Å²) in [5, 5.41) is 0. The Hall–Kier alpha value is -1.14. The topological polar surface area (TPSA) is 64.7 Å². The zero-order valence-electron chi connectivity index (χ0n) is 9.22. The monoisotopic (exact) mass is 310 g/mol. The van der Waals surface area contributed by atoms with Crippen molar-refractivity contribution in [1.82, 2.24) is 15.0 Å². The number of nitrogens with two attached hydrogens (primary N) is 1. The summed E-state index contributed by atoms with van der Waals surface area (Å²) in [5.74, 6) is 2.34. The maximum atomic E-state index is 5.57. The molecular formula is C11H11BrN4S. The van der Waals surface area contributed by atoms with Gasteiger partial charge >= 0.3 is 0 Å². The highest BCUT2D eigenvalue weighted by Crippen LogP contribution is 2.23. The average molecular weight is 311 g/mol. The number of benzene rings is 1. The fraction of sp³-hybridized carbons (Fsp3) is 0.182. The van der Waals surface area contributed by atoms with Crippen LogP contribution in [0.3, 0.4) is 0 Å². The summed E-state index contributed by atoms with van der Waals surface area (Å²) < 4.78 is 1.07. The lowest BCUT2D eigenvalue weighted by Crippen LogP contribution is -2.03. The highest BCUT2D eigenvalue weighted by Gasteiger charge is 2.02. The van der Waals surface area contributed by atoms with Gasteiger partial charge in [-0.15, -0.1) is 11.8 Å². The number of rotatable bonds is 3.